The monoisotopic (exact) mass is 397 g/mol. The topological polar surface area (TPSA) is 62.3 Å². The lowest BCUT2D eigenvalue weighted by molar-refractivity contribution is -0.126. The molecule has 0 unspecified atom stereocenters. The molecule has 1 aromatic carbocycles. The molecule has 144 valence electrons. The Hall–Kier alpha value is -2.80. The van der Waals surface area contributed by atoms with E-state index in [0.717, 1.165) is 10.3 Å². The summed E-state index contributed by atoms with van der Waals surface area (Å²) in [6.07, 6.45) is 4.69. The van der Waals surface area contributed by atoms with Crippen LogP contribution in [0.1, 0.15) is 28.1 Å². The van der Waals surface area contributed by atoms with Crippen LogP contribution in [0.5, 0.6) is 0 Å². The third kappa shape index (κ3) is 3.89. The number of amides is 2. The van der Waals surface area contributed by atoms with Gasteiger partial charge in [0, 0.05) is 48.0 Å². The molecule has 3 heterocycles. The summed E-state index contributed by atoms with van der Waals surface area (Å²) in [6, 6.07) is 10.3. The van der Waals surface area contributed by atoms with Crippen molar-refractivity contribution in [3.63, 3.8) is 0 Å². The van der Waals surface area contributed by atoms with Gasteiger partial charge in [0.2, 0.25) is 5.91 Å². The predicted molar refractivity (Wildman–Crippen MR) is 106 cm³/mol. The van der Waals surface area contributed by atoms with Crippen LogP contribution in [0.15, 0.2) is 48.8 Å². The minimum absolute atomic E-state index is 0.0138. The number of thiophene rings is 1. The molecular weight excluding hydrogens is 377 g/mol. The summed E-state index contributed by atoms with van der Waals surface area (Å²) in [7, 11) is 0. The fraction of sp³-hybridized carbons (Fsp3) is 0.286. The third-order valence-corrected chi connectivity index (χ3v) is 6.15. The number of nitrogens with one attached hydrogen (secondary N) is 1. The van der Waals surface area contributed by atoms with Crippen molar-refractivity contribution < 1.29 is 14.0 Å². The fourth-order valence-corrected chi connectivity index (χ4v) is 4.51. The minimum Gasteiger partial charge on any atom is -0.352 e. The molecule has 0 bridgehead atoms. The second-order valence-corrected chi connectivity index (χ2v) is 7.99. The molecule has 1 saturated heterocycles. The normalized spacial score (nSPS) is 15.0. The van der Waals surface area contributed by atoms with Gasteiger partial charge in [-0.2, -0.15) is 0 Å². The summed E-state index contributed by atoms with van der Waals surface area (Å²) in [5, 5.41) is 3.43. The Morgan fingerprint density at radius 2 is 2.04 bits per heavy atom. The second-order valence-electron chi connectivity index (χ2n) is 6.91. The summed E-state index contributed by atoms with van der Waals surface area (Å²) in [6.45, 7) is 1.51. The maximum Gasteiger partial charge on any atom is 0.263 e. The first-order valence-electron chi connectivity index (χ1n) is 9.26. The lowest BCUT2D eigenvalue weighted by atomic mass is 9.95. The SMILES string of the molecule is O=C(NCc1cccnc1)C1CCN(C(=O)c2cc3c(F)cccc3s2)CC1. The van der Waals surface area contributed by atoms with Gasteiger partial charge in [0.05, 0.1) is 4.88 Å². The molecule has 2 aromatic heterocycles. The average molecular weight is 397 g/mol. The molecule has 4 rings (SSSR count). The van der Waals surface area contributed by atoms with Gasteiger partial charge < -0.3 is 10.2 Å². The minimum atomic E-state index is -0.309. The van der Waals surface area contributed by atoms with Gasteiger partial charge in [0.1, 0.15) is 5.82 Å². The highest BCUT2D eigenvalue weighted by atomic mass is 32.1. The van der Waals surface area contributed by atoms with E-state index in [4.69, 9.17) is 0 Å². The number of pyridine rings is 1. The second kappa shape index (κ2) is 8.06. The van der Waals surface area contributed by atoms with Crippen molar-refractivity contribution in [1.82, 2.24) is 15.2 Å². The number of piperidine rings is 1. The van der Waals surface area contributed by atoms with E-state index >= 15 is 0 Å². The molecule has 3 aromatic rings. The van der Waals surface area contributed by atoms with Crippen LogP contribution in [-0.2, 0) is 11.3 Å². The molecule has 5 nitrogen and oxygen atoms in total. The van der Waals surface area contributed by atoms with Crippen LogP contribution in [0.4, 0.5) is 4.39 Å². The largest absolute Gasteiger partial charge is 0.352 e. The van der Waals surface area contributed by atoms with Crippen molar-refractivity contribution >= 4 is 33.2 Å². The van der Waals surface area contributed by atoms with E-state index in [-0.39, 0.29) is 23.5 Å². The summed E-state index contributed by atoms with van der Waals surface area (Å²) < 4.78 is 14.6. The maximum atomic E-state index is 13.9. The Kier molecular flexibility index (Phi) is 5.34. The number of rotatable bonds is 4. The van der Waals surface area contributed by atoms with E-state index in [1.165, 1.54) is 17.4 Å². The molecule has 1 N–H and O–H groups in total. The zero-order chi connectivity index (χ0) is 19.5. The standard InChI is InChI=1S/C21H20FN3O2S/c22-17-4-1-5-18-16(17)11-19(28-18)21(27)25-9-6-15(7-10-25)20(26)24-13-14-3-2-8-23-12-14/h1-5,8,11-12,15H,6-7,9-10,13H2,(H,24,26). The van der Waals surface area contributed by atoms with Crippen molar-refractivity contribution in [3.05, 3.63) is 65.0 Å². The van der Waals surface area contributed by atoms with Gasteiger partial charge in [-0.1, -0.05) is 12.1 Å². The van der Waals surface area contributed by atoms with Crippen LogP contribution in [0.2, 0.25) is 0 Å². The molecule has 7 heteroatoms. The number of halogens is 1. The Balaban J connectivity index is 1.33. The molecule has 0 atom stereocenters. The molecule has 0 saturated carbocycles. The van der Waals surface area contributed by atoms with Gasteiger partial charge >= 0.3 is 0 Å². The van der Waals surface area contributed by atoms with E-state index in [2.05, 4.69) is 10.3 Å². The van der Waals surface area contributed by atoms with Crippen molar-refractivity contribution in [2.75, 3.05) is 13.1 Å². The van der Waals surface area contributed by atoms with Crippen molar-refractivity contribution in [1.29, 1.82) is 0 Å². The van der Waals surface area contributed by atoms with E-state index in [1.807, 2.05) is 18.2 Å². The van der Waals surface area contributed by atoms with Gasteiger partial charge in [-0.3, -0.25) is 14.6 Å². The number of carbonyl (C=O) groups is 2. The van der Waals surface area contributed by atoms with Gasteiger partial charge in [0.15, 0.2) is 0 Å². The smallest absolute Gasteiger partial charge is 0.263 e. The molecule has 1 fully saturated rings. The Morgan fingerprint density at radius 1 is 1.21 bits per heavy atom. The highest BCUT2D eigenvalue weighted by molar-refractivity contribution is 7.20. The molecule has 1 aliphatic heterocycles. The number of hydrogen-bond donors (Lipinski definition) is 1. The van der Waals surface area contributed by atoms with Gasteiger partial charge in [0.25, 0.3) is 5.91 Å². The zero-order valence-corrected chi connectivity index (χ0v) is 16.0. The van der Waals surface area contributed by atoms with Crippen LogP contribution in [-0.4, -0.2) is 34.8 Å². The molecule has 0 spiro atoms. The first-order chi connectivity index (χ1) is 13.6. The number of nitrogens with zero attached hydrogens (tertiary/aromatic N) is 2. The van der Waals surface area contributed by atoms with Gasteiger partial charge in [-0.25, -0.2) is 4.39 Å². The van der Waals surface area contributed by atoms with Crippen LogP contribution < -0.4 is 5.32 Å². The molecular formula is C21H20FN3O2S. The number of carbonyl (C=O) groups excluding carboxylic acids is 2. The quantitative estimate of drug-likeness (QED) is 0.732. The van der Waals surface area contributed by atoms with Crippen LogP contribution in [0, 0.1) is 11.7 Å². The summed E-state index contributed by atoms with van der Waals surface area (Å²) >= 11 is 1.31. The summed E-state index contributed by atoms with van der Waals surface area (Å²) in [5.41, 5.74) is 0.959. The van der Waals surface area contributed by atoms with E-state index < -0.39 is 0 Å². The third-order valence-electron chi connectivity index (χ3n) is 5.06. The van der Waals surface area contributed by atoms with E-state index in [1.54, 1.807) is 29.4 Å². The molecule has 0 aliphatic carbocycles. The lowest BCUT2D eigenvalue weighted by Gasteiger charge is -2.31. The molecule has 28 heavy (non-hydrogen) atoms. The van der Waals surface area contributed by atoms with E-state index in [9.17, 15) is 14.0 Å². The number of likely N-dealkylation sites (tertiary alicyclic amines) is 1. The van der Waals surface area contributed by atoms with Crippen molar-refractivity contribution in [3.8, 4) is 0 Å². The van der Waals surface area contributed by atoms with E-state index in [0.29, 0.717) is 42.7 Å². The number of aromatic nitrogens is 1. The van der Waals surface area contributed by atoms with Crippen molar-refractivity contribution in [2.45, 2.75) is 19.4 Å². The lowest BCUT2D eigenvalue weighted by Crippen LogP contribution is -2.42. The number of hydrogen-bond acceptors (Lipinski definition) is 4. The zero-order valence-electron chi connectivity index (χ0n) is 15.2. The number of benzene rings is 1. The fourth-order valence-electron chi connectivity index (χ4n) is 3.47. The van der Waals surface area contributed by atoms with Crippen molar-refractivity contribution in [2.24, 2.45) is 5.92 Å². The first kappa shape index (κ1) is 18.6. The van der Waals surface area contributed by atoms with Gasteiger partial charge in [-0.05, 0) is 42.7 Å². The average Bonchev–Trinajstić information content (AvgIpc) is 3.18. The molecule has 2 amide bonds. The molecule has 0 radical (unpaired) electrons. The highest BCUT2D eigenvalue weighted by Crippen LogP contribution is 2.29. The maximum absolute atomic E-state index is 13.9. The summed E-state index contributed by atoms with van der Waals surface area (Å²) in [4.78, 5) is 31.5. The Labute approximate surface area is 166 Å². The number of fused-ring (bicyclic) bond motifs is 1. The van der Waals surface area contributed by atoms with Crippen LogP contribution in [0.25, 0.3) is 10.1 Å². The van der Waals surface area contributed by atoms with Gasteiger partial charge in [-0.15, -0.1) is 11.3 Å². The predicted octanol–water partition coefficient (Wildman–Crippen LogP) is 3.60. The van der Waals surface area contributed by atoms with Crippen LogP contribution in [0.3, 0.4) is 0 Å². The molecule has 1 aliphatic rings. The van der Waals surface area contributed by atoms with Crippen LogP contribution >= 0.6 is 11.3 Å². The highest BCUT2D eigenvalue weighted by Gasteiger charge is 2.28. The Morgan fingerprint density at radius 3 is 2.75 bits per heavy atom. The summed E-state index contributed by atoms with van der Waals surface area (Å²) in [5.74, 6) is -0.480. The Bertz CT molecular complexity index is 997. The first-order valence-corrected chi connectivity index (χ1v) is 10.1.